The minimum absolute atomic E-state index is 0.137. The molecule has 3 rings (SSSR count). The van der Waals surface area contributed by atoms with Crippen LogP contribution in [0.25, 0.3) is 0 Å². The van der Waals surface area contributed by atoms with Crippen molar-refractivity contribution in [1.29, 1.82) is 0 Å². The van der Waals surface area contributed by atoms with Crippen molar-refractivity contribution in [3.05, 3.63) is 70.8 Å². The van der Waals surface area contributed by atoms with E-state index in [4.69, 9.17) is 4.74 Å². The molecule has 1 aliphatic rings. The van der Waals surface area contributed by atoms with Crippen LogP contribution in [-0.4, -0.2) is 62.7 Å². The first-order valence-corrected chi connectivity index (χ1v) is 10.1. The van der Waals surface area contributed by atoms with E-state index in [1.807, 2.05) is 29.6 Å². The standard InChI is InChI=1S/C24H24F2N2O4/c1-31-24(30)21(22(25)26)27-23(29)20-10-8-18(9-11-20)3-2-17-4-6-19(7-5-17)16-28-12-14-32-15-13-28/h4-11,21-22H,12-16H2,1H3,(H,27,29). The highest BCUT2D eigenvalue weighted by molar-refractivity contribution is 5.97. The van der Waals surface area contributed by atoms with Gasteiger partial charge in [0, 0.05) is 36.3 Å². The molecule has 1 saturated heterocycles. The SMILES string of the molecule is COC(=O)C(NC(=O)c1ccc(C#Cc2ccc(CN3CCOCC3)cc2)cc1)C(F)F. The van der Waals surface area contributed by atoms with E-state index in [9.17, 15) is 18.4 Å². The molecule has 1 fully saturated rings. The predicted molar refractivity (Wildman–Crippen MR) is 114 cm³/mol. The Labute approximate surface area is 185 Å². The second kappa shape index (κ2) is 11.4. The monoisotopic (exact) mass is 442 g/mol. The van der Waals surface area contributed by atoms with Crippen molar-refractivity contribution < 1.29 is 27.8 Å². The number of carbonyl (C=O) groups is 2. The Hall–Kier alpha value is -3.28. The van der Waals surface area contributed by atoms with Crippen molar-refractivity contribution in [2.24, 2.45) is 0 Å². The van der Waals surface area contributed by atoms with Crippen LogP contribution in [-0.2, 0) is 20.8 Å². The fourth-order valence-corrected chi connectivity index (χ4v) is 3.14. The minimum atomic E-state index is -3.07. The quantitative estimate of drug-likeness (QED) is 0.550. The molecule has 1 heterocycles. The van der Waals surface area contributed by atoms with E-state index in [1.54, 1.807) is 12.1 Å². The molecule has 1 aliphatic heterocycles. The number of nitrogens with zero attached hydrogens (tertiary/aromatic N) is 1. The smallest absolute Gasteiger partial charge is 0.334 e. The van der Waals surface area contributed by atoms with Crippen molar-refractivity contribution in [3.63, 3.8) is 0 Å². The third-order valence-electron chi connectivity index (χ3n) is 4.96. The Morgan fingerprint density at radius 3 is 2.12 bits per heavy atom. The molecule has 1 N–H and O–H groups in total. The van der Waals surface area contributed by atoms with E-state index in [-0.39, 0.29) is 5.56 Å². The minimum Gasteiger partial charge on any atom is -0.467 e. The molecule has 1 atom stereocenters. The van der Waals surface area contributed by atoms with Gasteiger partial charge in [-0.1, -0.05) is 24.0 Å². The first-order valence-electron chi connectivity index (χ1n) is 10.1. The van der Waals surface area contributed by atoms with Gasteiger partial charge in [-0.3, -0.25) is 9.69 Å². The number of hydrogen-bond acceptors (Lipinski definition) is 5. The van der Waals surface area contributed by atoms with Gasteiger partial charge >= 0.3 is 5.97 Å². The van der Waals surface area contributed by atoms with Crippen LogP contribution in [0.1, 0.15) is 27.0 Å². The molecule has 168 valence electrons. The summed E-state index contributed by atoms with van der Waals surface area (Å²) in [6, 6.07) is 12.2. The summed E-state index contributed by atoms with van der Waals surface area (Å²) in [5.41, 5.74) is 2.87. The molecule has 2 aromatic rings. The zero-order valence-electron chi connectivity index (χ0n) is 17.6. The Morgan fingerprint density at radius 1 is 1.03 bits per heavy atom. The molecule has 0 aromatic heterocycles. The van der Waals surface area contributed by atoms with Crippen LogP contribution in [0.15, 0.2) is 48.5 Å². The van der Waals surface area contributed by atoms with Crippen LogP contribution < -0.4 is 5.32 Å². The lowest BCUT2D eigenvalue weighted by molar-refractivity contribution is -0.146. The number of hydrogen-bond donors (Lipinski definition) is 1. The van der Waals surface area contributed by atoms with Crippen molar-refractivity contribution in [3.8, 4) is 11.8 Å². The summed E-state index contributed by atoms with van der Waals surface area (Å²) in [5, 5.41) is 1.99. The molecule has 6 nitrogen and oxygen atoms in total. The summed E-state index contributed by atoms with van der Waals surface area (Å²) in [6.45, 7) is 4.27. The molecule has 32 heavy (non-hydrogen) atoms. The lowest BCUT2D eigenvalue weighted by atomic mass is 10.1. The highest BCUT2D eigenvalue weighted by atomic mass is 19.3. The lowest BCUT2D eigenvalue weighted by Crippen LogP contribution is -2.46. The normalized spacial score (nSPS) is 14.9. The Bertz CT molecular complexity index is 976. The molecular formula is C24H24F2N2O4. The lowest BCUT2D eigenvalue weighted by Gasteiger charge is -2.26. The van der Waals surface area contributed by atoms with Crippen molar-refractivity contribution in [1.82, 2.24) is 10.2 Å². The number of rotatable bonds is 6. The van der Waals surface area contributed by atoms with Gasteiger partial charge in [-0.15, -0.1) is 0 Å². The second-order valence-corrected chi connectivity index (χ2v) is 7.22. The molecule has 8 heteroatoms. The summed E-state index contributed by atoms with van der Waals surface area (Å²) < 4.78 is 35.5. The first-order chi connectivity index (χ1) is 15.5. The summed E-state index contributed by atoms with van der Waals surface area (Å²) in [6.07, 6.45) is -3.07. The number of nitrogens with one attached hydrogen (secondary N) is 1. The van der Waals surface area contributed by atoms with Crippen LogP contribution in [0.3, 0.4) is 0 Å². The summed E-state index contributed by atoms with van der Waals surface area (Å²) in [4.78, 5) is 25.9. The number of carbonyl (C=O) groups excluding carboxylic acids is 2. The number of esters is 1. The number of halogens is 2. The maximum Gasteiger partial charge on any atom is 0.334 e. The van der Waals surface area contributed by atoms with E-state index in [0.29, 0.717) is 5.56 Å². The van der Waals surface area contributed by atoms with Gasteiger partial charge in [-0.2, -0.15) is 0 Å². The van der Waals surface area contributed by atoms with E-state index >= 15 is 0 Å². The van der Waals surface area contributed by atoms with Crippen LogP contribution in [0.5, 0.6) is 0 Å². The summed E-state index contributed by atoms with van der Waals surface area (Å²) >= 11 is 0. The van der Waals surface area contributed by atoms with Gasteiger partial charge in [-0.05, 0) is 42.0 Å². The van der Waals surface area contributed by atoms with E-state index < -0.39 is 24.3 Å². The Kier molecular flexibility index (Phi) is 8.31. The first kappa shape index (κ1) is 23.4. The second-order valence-electron chi connectivity index (χ2n) is 7.22. The van der Waals surface area contributed by atoms with Gasteiger partial charge in [0.1, 0.15) is 0 Å². The highest BCUT2D eigenvalue weighted by Crippen LogP contribution is 2.10. The number of ether oxygens (including phenoxy) is 2. The van der Waals surface area contributed by atoms with Gasteiger partial charge in [0.25, 0.3) is 12.3 Å². The average Bonchev–Trinajstić information content (AvgIpc) is 2.82. The molecule has 0 radical (unpaired) electrons. The molecule has 1 amide bonds. The molecule has 0 bridgehead atoms. The number of amides is 1. The van der Waals surface area contributed by atoms with Crippen LogP contribution in [0.2, 0.25) is 0 Å². The number of benzene rings is 2. The highest BCUT2D eigenvalue weighted by Gasteiger charge is 2.31. The van der Waals surface area contributed by atoms with E-state index in [0.717, 1.165) is 45.5 Å². The third-order valence-corrected chi connectivity index (χ3v) is 4.96. The van der Waals surface area contributed by atoms with E-state index in [1.165, 1.54) is 17.7 Å². The largest absolute Gasteiger partial charge is 0.467 e. The topological polar surface area (TPSA) is 67.9 Å². The van der Waals surface area contributed by atoms with Gasteiger partial charge in [0.2, 0.25) is 0 Å². The Balaban J connectivity index is 1.58. The molecule has 1 unspecified atom stereocenters. The number of morpholine rings is 1. The zero-order chi connectivity index (χ0) is 22.9. The maximum absolute atomic E-state index is 12.9. The van der Waals surface area contributed by atoms with Crippen LogP contribution in [0, 0.1) is 11.8 Å². The summed E-state index contributed by atoms with van der Waals surface area (Å²) in [5.74, 6) is 4.08. The van der Waals surface area contributed by atoms with Crippen molar-refractivity contribution >= 4 is 11.9 Å². The molecule has 0 spiro atoms. The fourth-order valence-electron chi connectivity index (χ4n) is 3.14. The average molecular weight is 442 g/mol. The number of methoxy groups -OCH3 is 1. The van der Waals surface area contributed by atoms with Gasteiger partial charge in [-0.25, -0.2) is 13.6 Å². The third kappa shape index (κ3) is 6.61. The molecule has 0 aliphatic carbocycles. The maximum atomic E-state index is 12.9. The van der Waals surface area contributed by atoms with Gasteiger partial charge < -0.3 is 14.8 Å². The fraction of sp³-hybridized carbons (Fsp3) is 0.333. The number of alkyl halides is 2. The van der Waals surface area contributed by atoms with Crippen LogP contribution >= 0.6 is 0 Å². The van der Waals surface area contributed by atoms with Crippen molar-refractivity contribution in [2.75, 3.05) is 33.4 Å². The van der Waals surface area contributed by atoms with E-state index in [2.05, 4.69) is 21.5 Å². The van der Waals surface area contributed by atoms with Gasteiger partial charge in [0.15, 0.2) is 6.04 Å². The van der Waals surface area contributed by atoms with Crippen molar-refractivity contribution in [2.45, 2.75) is 19.0 Å². The predicted octanol–water partition coefficient (Wildman–Crippen LogP) is 2.46. The van der Waals surface area contributed by atoms with Crippen LogP contribution in [0.4, 0.5) is 8.78 Å². The Morgan fingerprint density at radius 2 is 1.59 bits per heavy atom. The zero-order valence-corrected chi connectivity index (χ0v) is 17.6. The molecule has 2 aromatic carbocycles. The molecular weight excluding hydrogens is 418 g/mol. The van der Waals surface area contributed by atoms with Gasteiger partial charge in [0.05, 0.1) is 20.3 Å². The summed E-state index contributed by atoms with van der Waals surface area (Å²) in [7, 11) is 0.981. The molecule has 0 saturated carbocycles.